The predicted octanol–water partition coefficient (Wildman–Crippen LogP) is 2.94. The van der Waals surface area contributed by atoms with Gasteiger partial charge in [-0.15, -0.1) is 0 Å². The van der Waals surface area contributed by atoms with Gasteiger partial charge >= 0.3 is 0 Å². The molecule has 3 N–H and O–H groups in total. The molecule has 98 valence electrons. The minimum Gasteiger partial charge on any atom is -0.398 e. The molecular weight excluding hydrogens is 268 g/mol. The Kier molecular flexibility index (Phi) is 4.40. The van der Waals surface area contributed by atoms with Crippen LogP contribution < -0.4 is 11.1 Å². The van der Waals surface area contributed by atoms with Crippen LogP contribution in [0.25, 0.3) is 0 Å². The lowest BCUT2D eigenvalue weighted by Crippen LogP contribution is -2.38. The highest BCUT2D eigenvalue weighted by atomic mass is 35.5. The third-order valence-electron chi connectivity index (χ3n) is 3.33. The Labute approximate surface area is 116 Å². The topological polar surface area (TPSA) is 55.1 Å². The molecule has 2 unspecified atom stereocenters. The minimum atomic E-state index is -0.124. The fourth-order valence-electron chi connectivity index (χ4n) is 2.34. The second-order valence-corrected chi connectivity index (χ2v) is 6.03. The van der Waals surface area contributed by atoms with Crippen LogP contribution in [0.2, 0.25) is 5.02 Å². The van der Waals surface area contributed by atoms with Crippen LogP contribution in [-0.2, 0) is 0 Å². The highest BCUT2D eigenvalue weighted by Crippen LogP contribution is 2.29. The second kappa shape index (κ2) is 5.85. The summed E-state index contributed by atoms with van der Waals surface area (Å²) in [5.41, 5.74) is 6.74. The molecule has 1 aromatic rings. The van der Waals surface area contributed by atoms with Crippen molar-refractivity contribution in [3.8, 4) is 0 Å². The van der Waals surface area contributed by atoms with Crippen LogP contribution in [0.15, 0.2) is 18.2 Å². The number of halogens is 1. The summed E-state index contributed by atoms with van der Waals surface area (Å²) in [7, 11) is 0. The first-order chi connectivity index (χ1) is 8.61. The molecule has 18 heavy (non-hydrogen) atoms. The van der Waals surface area contributed by atoms with Gasteiger partial charge in [-0.25, -0.2) is 0 Å². The van der Waals surface area contributed by atoms with Crippen molar-refractivity contribution in [1.82, 2.24) is 5.32 Å². The molecule has 2 atom stereocenters. The van der Waals surface area contributed by atoms with E-state index in [4.69, 9.17) is 17.3 Å². The van der Waals surface area contributed by atoms with Crippen molar-refractivity contribution in [2.45, 2.75) is 30.6 Å². The van der Waals surface area contributed by atoms with Gasteiger partial charge in [0, 0.05) is 22.0 Å². The molecule has 3 nitrogen and oxygen atoms in total. The van der Waals surface area contributed by atoms with E-state index in [2.05, 4.69) is 11.6 Å². The fraction of sp³-hybridized carbons (Fsp3) is 0.462. The number of amides is 1. The van der Waals surface area contributed by atoms with Crippen LogP contribution >= 0.6 is 23.4 Å². The molecule has 1 fully saturated rings. The highest BCUT2D eigenvalue weighted by molar-refractivity contribution is 7.99. The molecule has 0 aliphatic heterocycles. The number of anilines is 1. The molecule has 0 radical (unpaired) electrons. The molecule has 0 aromatic heterocycles. The van der Waals surface area contributed by atoms with Gasteiger partial charge in [-0.2, -0.15) is 11.8 Å². The molecule has 1 saturated carbocycles. The van der Waals surface area contributed by atoms with Crippen LogP contribution in [-0.4, -0.2) is 23.5 Å². The van der Waals surface area contributed by atoms with E-state index in [1.165, 1.54) is 6.42 Å². The Hall–Kier alpha value is -0.870. The first-order valence-corrected chi connectivity index (χ1v) is 7.67. The van der Waals surface area contributed by atoms with Gasteiger partial charge in [-0.3, -0.25) is 4.79 Å². The summed E-state index contributed by atoms with van der Waals surface area (Å²) in [6, 6.07) is 5.21. The zero-order chi connectivity index (χ0) is 13.1. The molecule has 1 aliphatic rings. The summed E-state index contributed by atoms with van der Waals surface area (Å²) >= 11 is 7.71. The van der Waals surface area contributed by atoms with Gasteiger partial charge in [-0.1, -0.05) is 18.0 Å². The maximum atomic E-state index is 12.2. The summed E-state index contributed by atoms with van der Waals surface area (Å²) in [5.74, 6) is -0.124. The molecule has 0 spiro atoms. The second-order valence-electron chi connectivity index (χ2n) is 4.52. The van der Waals surface area contributed by atoms with Gasteiger partial charge in [0.2, 0.25) is 0 Å². The molecule has 1 amide bonds. The van der Waals surface area contributed by atoms with Crippen molar-refractivity contribution in [2.75, 3.05) is 12.0 Å². The Morgan fingerprint density at radius 3 is 3.00 bits per heavy atom. The molecular formula is C13H17ClN2OS. The number of nitrogen functional groups attached to an aromatic ring is 1. The van der Waals surface area contributed by atoms with Crippen molar-refractivity contribution in [1.29, 1.82) is 0 Å². The quantitative estimate of drug-likeness (QED) is 0.839. The van der Waals surface area contributed by atoms with E-state index in [-0.39, 0.29) is 11.9 Å². The van der Waals surface area contributed by atoms with Crippen molar-refractivity contribution in [2.24, 2.45) is 0 Å². The first-order valence-electron chi connectivity index (χ1n) is 6.00. The summed E-state index contributed by atoms with van der Waals surface area (Å²) in [6.07, 6.45) is 5.46. The molecule has 1 aliphatic carbocycles. The lowest BCUT2D eigenvalue weighted by molar-refractivity contribution is 0.0939. The first kappa shape index (κ1) is 13.6. The fourth-order valence-corrected chi connectivity index (χ4v) is 3.45. The van der Waals surface area contributed by atoms with Crippen LogP contribution in [0.5, 0.6) is 0 Å². The number of hydrogen-bond donors (Lipinski definition) is 2. The monoisotopic (exact) mass is 284 g/mol. The Bertz CT molecular complexity index is 453. The van der Waals surface area contributed by atoms with Crippen LogP contribution in [0, 0.1) is 0 Å². The average molecular weight is 285 g/mol. The summed E-state index contributed by atoms with van der Waals surface area (Å²) in [4.78, 5) is 12.2. The largest absolute Gasteiger partial charge is 0.398 e. The highest BCUT2D eigenvalue weighted by Gasteiger charge is 2.28. The zero-order valence-corrected chi connectivity index (χ0v) is 11.9. The average Bonchev–Trinajstić information content (AvgIpc) is 2.79. The van der Waals surface area contributed by atoms with Gasteiger partial charge in [-0.05, 0) is 37.3 Å². The van der Waals surface area contributed by atoms with E-state index >= 15 is 0 Å². The van der Waals surface area contributed by atoms with E-state index in [0.29, 0.717) is 21.5 Å². The molecule has 2 rings (SSSR count). The number of carbonyl (C=O) groups excluding carboxylic acids is 1. The third kappa shape index (κ3) is 2.93. The van der Waals surface area contributed by atoms with Gasteiger partial charge in [0.05, 0.1) is 5.56 Å². The van der Waals surface area contributed by atoms with Gasteiger partial charge in [0.1, 0.15) is 0 Å². The smallest absolute Gasteiger partial charge is 0.253 e. The number of nitrogens with two attached hydrogens (primary N) is 1. The van der Waals surface area contributed by atoms with Crippen LogP contribution in [0.1, 0.15) is 29.6 Å². The third-order valence-corrected chi connectivity index (χ3v) is 4.74. The van der Waals surface area contributed by atoms with E-state index in [1.807, 2.05) is 11.8 Å². The van der Waals surface area contributed by atoms with Gasteiger partial charge < -0.3 is 11.1 Å². The number of carbonyl (C=O) groups is 1. The normalized spacial score (nSPS) is 23.0. The number of nitrogens with one attached hydrogen (secondary N) is 1. The van der Waals surface area contributed by atoms with Crippen molar-refractivity contribution < 1.29 is 4.79 Å². The molecule has 0 saturated heterocycles. The molecule has 0 bridgehead atoms. The number of rotatable bonds is 3. The SMILES string of the molecule is CSC1CCCC1NC(=O)c1cc(Cl)ccc1N. The number of hydrogen-bond acceptors (Lipinski definition) is 3. The van der Waals surface area contributed by atoms with E-state index in [0.717, 1.165) is 12.8 Å². The van der Waals surface area contributed by atoms with E-state index < -0.39 is 0 Å². The lowest BCUT2D eigenvalue weighted by atomic mass is 10.1. The lowest BCUT2D eigenvalue weighted by Gasteiger charge is -2.19. The minimum absolute atomic E-state index is 0.124. The Morgan fingerprint density at radius 2 is 2.28 bits per heavy atom. The summed E-state index contributed by atoms with van der Waals surface area (Å²) in [6.45, 7) is 0. The molecule has 1 aromatic carbocycles. The summed E-state index contributed by atoms with van der Waals surface area (Å²) < 4.78 is 0. The standard InChI is InChI=1S/C13H17ClN2OS/c1-18-12-4-2-3-11(12)16-13(17)9-7-8(14)5-6-10(9)15/h5-7,11-12H,2-4,15H2,1H3,(H,16,17). The van der Waals surface area contributed by atoms with Crippen molar-refractivity contribution >= 4 is 35.0 Å². The van der Waals surface area contributed by atoms with Crippen LogP contribution in [0.4, 0.5) is 5.69 Å². The maximum absolute atomic E-state index is 12.2. The molecule has 5 heteroatoms. The Morgan fingerprint density at radius 1 is 1.50 bits per heavy atom. The zero-order valence-electron chi connectivity index (χ0n) is 10.3. The molecule has 0 heterocycles. The van der Waals surface area contributed by atoms with Crippen LogP contribution in [0.3, 0.4) is 0 Å². The summed E-state index contributed by atoms with van der Waals surface area (Å²) in [5, 5.41) is 4.10. The van der Waals surface area contributed by atoms with E-state index in [9.17, 15) is 4.79 Å². The maximum Gasteiger partial charge on any atom is 0.253 e. The van der Waals surface area contributed by atoms with Gasteiger partial charge in [0.15, 0.2) is 0 Å². The number of thioether (sulfide) groups is 1. The predicted molar refractivity (Wildman–Crippen MR) is 78.3 cm³/mol. The number of benzene rings is 1. The van der Waals surface area contributed by atoms with Crippen molar-refractivity contribution in [3.63, 3.8) is 0 Å². The van der Waals surface area contributed by atoms with Gasteiger partial charge in [0.25, 0.3) is 5.91 Å². The van der Waals surface area contributed by atoms with Crippen molar-refractivity contribution in [3.05, 3.63) is 28.8 Å². The Balaban J connectivity index is 2.09. The van der Waals surface area contributed by atoms with E-state index in [1.54, 1.807) is 18.2 Å².